The summed E-state index contributed by atoms with van der Waals surface area (Å²) in [5.74, 6) is 1.03. The third kappa shape index (κ3) is 7.79. The molecule has 186 valence electrons. The molecule has 2 aromatic rings. The number of nitrogens with zero attached hydrogens (tertiary/aromatic N) is 1. The van der Waals surface area contributed by atoms with Crippen LogP contribution < -0.4 is 14.8 Å². The van der Waals surface area contributed by atoms with E-state index in [4.69, 9.17) is 9.47 Å². The van der Waals surface area contributed by atoms with Gasteiger partial charge < -0.3 is 19.7 Å². The molecular formula is C28H40N2O4. The summed E-state index contributed by atoms with van der Waals surface area (Å²) in [7, 11) is 1.61. The van der Waals surface area contributed by atoms with Gasteiger partial charge in [-0.3, -0.25) is 9.59 Å². The molecule has 0 saturated carbocycles. The maximum absolute atomic E-state index is 13.5. The maximum atomic E-state index is 13.5. The molecule has 6 nitrogen and oxygen atoms in total. The minimum atomic E-state index is -0.586. The van der Waals surface area contributed by atoms with Gasteiger partial charge in [0.25, 0.3) is 5.91 Å². The largest absolute Gasteiger partial charge is 0.497 e. The Kier molecular flexibility index (Phi) is 10.4. The molecule has 34 heavy (non-hydrogen) atoms. The lowest BCUT2D eigenvalue weighted by molar-refractivity contribution is -0.143. The number of unbranched alkanes of at least 4 members (excludes halogenated alkanes) is 1. The lowest BCUT2D eigenvalue weighted by Crippen LogP contribution is -2.50. The number of methoxy groups -OCH3 is 1. The number of amides is 2. The van der Waals surface area contributed by atoms with Crippen molar-refractivity contribution in [3.63, 3.8) is 0 Å². The van der Waals surface area contributed by atoms with E-state index >= 15 is 0 Å². The van der Waals surface area contributed by atoms with Crippen molar-refractivity contribution in [3.05, 3.63) is 59.7 Å². The molecule has 0 spiro atoms. The Bertz CT molecular complexity index is 936. The van der Waals surface area contributed by atoms with Crippen molar-refractivity contribution in [2.75, 3.05) is 20.3 Å². The highest BCUT2D eigenvalue weighted by Gasteiger charge is 2.29. The van der Waals surface area contributed by atoms with Gasteiger partial charge in [0.05, 0.1) is 7.11 Å². The third-order valence-electron chi connectivity index (χ3n) is 5.75. The lowest BCUT2D eigenvalue weighted by atomic mass is 9.86. The Labute approximate surface area is 204 Å². The molecule has 0 aliphatic carbocycles. The Morgan fingerprint density at radius 2 is 1.79 bits per heavy atom. The van der Waals surface area contributed by atoms with E-state index in [9.17, 15) is 9.59 Å². The maximum Gasteiger partial charge on any atom is 0.261 e. The van der Waals surface area contributed by atoms with Crippen LogP contribution in [0.15, 0.2) is 48.5 Å². The smallest absolute Gasteiger partial charge is 0.261 e. The molecule has 2 rings (SSSR count). The van der Waals surface area contributed by atoms with E-state index in [0.29, 0.717) is 31.0 Å². The molecule has 1 N–H and O–H groups in total. The Hall–Kier alpha value is -3.02. The number of benzene rings is 2. The van der Waals surface area contributed by atoms with E-state index in [2.05, 4.69) is 33.0 Å². The summed E-state index contributed by atoms with van der Waals surface area (Å²) in [5.41, 5.74) is 1.81. The second-order valence-corrected chi connectivity index (χ2v) is 9.48. The van der Waals surface area contributed by atoms with E-state index in [1.54, 1.807) is 12.0 Å². The number of para-hydroxylation sites is 1. The highest BCUT2D eigenvalue weighted by Crippen LogP contribution is 2.31. The number of ether oxygens (including phenoxy) is 2. The first-order valence-electron chi connectivity index (χ1n) is 12.1. The monoisotopic (exact) mass is 468 g/mol. The summed E-state index contributed by atoms with van der Waals surface area (Å²) in [6.45, 7) is 11.1. The first-order chi connectivity index (χ1) is 16.2. The summed E-state index contributed by atoms with van der Waals surface area (Å²) in [6.07, 6.45) is 2.40. The van der Waals surface area contributed by atoms with Crippen molar-refractivity contribution in [1.29, 1.82) is 0 Å². The summed E-state index contributed by atoms with van der Waals surface area (Å²) >= 11 is 0. The Morgan fingerprint density at radius 1 is 1.06 bits per heavy atom. The van der Waals surface area contributed by atoms with Gasteiger partial charge in [0, 0.05) is 13.1 Å². The molecular weight excluding hydrogens is 428 g/mol. The van der Waals surface area contributed by atoms with Gasteiger partial charge in [-0.05, 0) is 47.6 Å². The van der Waals surface area contributed by atoms with Gasteiger partial charge in [-0.25, -0.2) is 0 Å². The number of carbonyl (C=O) groups is 2. The van der Waals surface area contributed by atoms with Gasteiger partial charge in [0.2, 0.25) is 5.91 Å². The normalized spacial score (nSPS) is 12.1. The van der Waals surface area contributed by atoms with E-state index in [1.807, 2.05) is 55.5 Å². The van der Waals surface area contributed by atoms with Crippen molar-refractivity contribution in [1.82, 2.24) is 10.2 Å². The molecule has 0 aliphatic heterocycles. The SMILES string of the molecule is CCCCNC(=O)C(CC)N(Cc1cccc(OC)c1)C(=O)COc1ccccc1C(C)(C)C. The first kappa shape index (κ1) is 27.2. The number of carbonyl (C=O) groups excluding carboxylic acids is 2. The number of hydrogen-bond donors (Lipinski definition) is 1. The molecule has 1 atom stereocenters. The molecule has 0 radical (unpaired) electrons. The van der Waals surface area contributed by atoms with Crippen LogP contribution >= 0.6 is 0 Å². The summed E-state index contributed by atoms with van der Waals surface area (Å²) in [5, 5.41) is 2.98. The van der Waals surface area contributed by atoms with E-state index in [0.717, 1.165) is 24.0 Å². The van der Waals surface area contributed by atoms with Gasteiger partial charge in [-0.1, -0.05) is 71.4 Å². The second-order valence-electron chi connectivity index (χ2n) is 9.48. The highest BCUT2D eigenvalue weighted by molar-refractivity contribution is 5.88. The molecule has 2 aromatic carbocycles. The van der Waals surface area contributed by atoms with E-state index in [1.165, 1.54) is 0 Å². The minimum absolute atomic E-state index is 0.120. The van der Waals surface area contributed by atoms with E-state index in [-0.39, 0.29) is 23.8 Å². The average Bonchev–Trinajstić information content (AvgIpc) is 2.82. The number of nitrogens with one attached hydrogen (secondary N) is 1. The molecule has 2 amide bonds. The molecule has 0 aromatic heterocycles. The Balaban J connectivity index is 2.27. The van der Waals surface area contributed by atoms with Crippen LogP contribution in [-0.4, -0.2) is 43.0 Å². The summed E-state index contributed by atoms with van der Waals surface area (Å²) in [4.78, 5) is 28.1. The fourth-order valence-electron chi connectivity index (χ4n) is 3.83. The van der Waals surface area contributed by atoms with Crippen molar-refractivity contribution in [3.8, 4) is 11.5 Å². The van der Waals surface area contributed by atoms with Crippen LogP contribution in [0.4, 0.5) is 0 Å². The average molecular weight is 469 g/mol. The molecule has 0 fully saturated rings. The summed E-state index contributed by atoms with van der Waals surface area (Å²) in [6, 6.07) is 14.7. The van der Waals surface area contributed by atoms with Crippen LogP contribution in [-0.2, 0) is 21.5 Å². The standard InChI is InChI=1S/C28H40N2O4/c1-7-9-17-29-27(32)24(8-2)30(19-21-13-12-14-22(18-21)33-6)26(31)20-34-25-16-11-10-15-23(25)28(3,4)5/h10-16,18,24H,7-9,17,19-20H2,1-6H3,(H,29,32). The van der Waals surface area contributed by atoms with Gasteiger partial charge in [0.15, 0.2) is 6.61 Å². The molecule has 6 heteroatoms. The minimum Gasteiger partial charge on any atom is -0.497 e. The van der Waals surface area contributed by atoms with Crippen LogP contribution in [0.25, 0.3) is 0 Å². The fraction of sp³-hybridized carbons (Fsp3) is 0.500. The predicted octanol–water partition coefficient (Wildman–Crippen LogP) is 5.10. The van der Waals surface area contributed by atoms with E-state index < -0.39 is 6.04 Å². The predicted molar refractivity (Wildman–Crippen MR) is 136 cm³/mol. The Morgan fingerprint density at radius 3 is 2.44 bits per heavy atom. The zero-order chi connectivity index (χ0) is 25.1. The topological polar surface area (TPSA) is 67.9 Å². The van der Waals surface area contributed by atoms with Crippen molar-refractivity contribution < 1.29 is 19.1 Å². The van der Waals surface area contributed by atoms with Gasteiger partial charge in [0.1, 0.15) is 17.5 Å². The second kappa shape index (κ2) is 13.0. The molecule has 0 saturated heterocycles. The highest BCUT2D eigenvalue weighted by atomic mass is 16.5. The lowest BCUT2D eigenvalue weighted by Gasteiger charge is -2.31. The molecule has 0 bridgehead atoms. The first-order valence-corrected chi connectivity index (χ1v) is 12.1. The molecule has 1 unspecified atom stereocenters. The van der Waals surface area contributed by atoms with Gasteiger partial charge in [-0.2, -0.15) is 0 Å². The zero-order valence-electron chi connectivity index (χ0n) is 21.5. The number of rotatable bonds is 12. The van der Waals surface area contributed by atoms with Crippen LogP contribution in [0, 0.1) is 0 Å². The van der Waals surface area contributed by atoms with Gasteiger partial charge >= 0.3 is 0 Å². The zero-order valence-corrected chi connectivity index (χ0v) is 21.5. The van der Waals surface area contributed by atoms with Crippen molar-refractivity contribution in [2.24, 2.45) is 0 Å². The fourth-order valence-corrected chi connectivity index (χ4v) is 3.83. The van der Waals surface area contributed by atoms with Crippen molar-refractivity contribution >= 4 is 11.8 Å². The van der Waals surface area contributed by atoms with Crippen LogP contribution in [0.1, 0.15) is 65.0 Å². The van der Waals surface area contributed by atoms with Crippen LogP contribution in [0.2, 0.25) is 0 Å². The van der Waals surface area contributed by atoms with Crippen LogP contribution in [0.5, 0.6) is 11.5 Å². The summed E-state index contributed by atoms with van der Waals surface area (Å²) < 4.78 is 11.4. The molecule has 0 aliphatic rings. The quantitative estimate of drug-likeness (QED) is 0.440. The van der Waals surface area contributed by atoms with Gasteiger partial charge in [-0.15, -0.1) is 0 Å². The van der Waals surface area contributed by atoms with Crippen molar-refractivity contribution in [2.45, 2.75) is 71.9 Å². The number of hydrogen-bond acceptors (Lipinski definition) is 4. The molecule has 0 heterocycles. The third-order valence-corrected chi connectivity index (χ3v) is 5.75. The van der Waals surface area contributed by atoms with Crippen LogP contribution in [0.3, 0.4) is 0 Å².